The van der Waals surface area contributed by atoms with Crippen LogP contribution < -0.4 is 5.73 Å². The minimum Gasteiger partial charge on any atom is -0.426 e. The third-order valence-electron chi connectivity index (χ3n) is 9.36. The predicted octanol–water partition coefficient (Wildman–Crippen LogP) is 0.333. The first-order valence-electron chi connectivity index (χ1n) is 15.2. The van der Waals surface area contributed by atoms with Crippen LogP contribution in [-0.4, -0.2) is 128 Å². The highest BCUT2D eigenvalue weighted by Gasteiger charge is 2.74. The van der Waals surface area contributed by atoms with Crippen LogP contribution in [0.5, 0.6) is 0 Å². The van der Waals surface area contributed by atoms with Crippen molar-refractivity contribution in [3.63, 3.8) is 0 Å². The van der Waals surface area contributed by atoms with Gasteiger partial charge in [-0.05, 0) is 40.2 Å². The average Bonchev–Trinajstić information content (AvgIpc) is 3.38. The molecule has 0 spiro atoms. The maximum absolute atomic E-state index is 14.0. The number of nitrogens with zero attached hydrogens (tertiary/aromatic N) is 4. The number of nitrogens with two attached hydrogens (primary N) is 1. The van der Waals surface area contributed by atoms with Crippen LogP contribution in [0.1, 0.15) is 46.2 Å². The third-order valence-corrected chi connectivity index (χ3v) is 14.3. The molecule has 49 heavy (non-hydrogen) atoms. The molecule has 18 heteroatoms. The summed E-state index contributed by atoms with van der Waals surface area (Å²) in [5, 5.41) is -2.87. The normalized spacial score (nSPS) is 29.5. The van der Waals surface area contributed by atoms with Crippen molar-refractivity contribution in [1.82, 2.24) is 19.6 Å². The quantitative estimate of drug-likeness (QED) is 0.120. The summed E-state index contributed by atoms with van der Waals surface area (Å²) in [6, 6.07) is 2.56. The molecule has 4 fully saturated rings. The van der Waals surface area contributed by atoms with Crippen LogP contribution in [0.4, 0.5) is 0 Å². The number of thioether (sulfide) groups is 1. The summed E-state index contributed by atoms with van der Waals surface area (Å²) >= 11 is 7.43. The fourth-order valence-corrected chi connectivity index (χ4v) is 10.8. The number of ether oxygens (including phenoxy) is 2. The van der Waals surface area contributed by atoms with Gasteiger partial charge < -0.3 is 29.9 Å². The van der Waals surface area contributed by atoms with Crippen molar-refractivity contribution in [2.45, 2.75) is 84.4 Å². The van der Waals surface area contributed by atoms with E-state index in [1.165, 1.54) is 56.4 Å². The van der Waals surface area contributed by atoms with E-state index < -0.39 is 102 Å². The number of halogens is 1. The highest BCUT2D eigenvalue weighted by atomic mass is 35.5. The first-order valence-corrected chi connectivity index (χ1v) is 18.1. The Hall–Kier alpha value is -3.67. The summed E-state index contributed by atoms with van der Waals surface area (Å²) in [6.45, 7) is 6.46. The standard InChI is InChI=1S/C31H38ClN5O10S2/c1-15(13-17(38)34(6)7)35(24(40)19(33)16-11-9-8-10-12-16)20-25(41)37-22(31(4,5)49(44,45)27(20)37)29(43)47-14-46-28(42)21-30(2,3)48-26-18(32)23(39)36(21)26/h8-13,18-22,26-27H,14,33H2,1-7H3/t18-,19?,20-,21+,22+,26-,27-/m1/s1. The topological polar surface area (TPSA) is 194 Å². The summed E-state index contributed by atoms with van der Waals surface area (Å²) in [6.07, 6.45) is 1.09. The van der Waals surface area contributed by atoms with Gasteiger partial charge in [-0.3, -0.25) is 24.1 Å². The van der Waals surface area contributed by atoms with Crippen molar-refractivity contribution in [3.05, 3.63) is 47.7 Å². The molecular weight excluding hydrogens is 702 g/mol. The number of amides is 4. The number of β-lactam (4-membered cyclic amide) rings is 2. The number of allylic oxidation sites excluding steroid dienone is 1. The maximum Gasteiger partial charge on any atom is 0.333 e. The molecule has 4 aliphatic heterocycles. The first kappa shape index (κ1) is 36.6. The van der Waals surface area contributed by atoms with Gasteiger partial charge >= 0.3 is 11.9 Å². The number of esters is 2. The second-order valence-corrected chi connectivity index (χ2v) is 18.3. The van der Waals surface area contributed by atoms with Gasteiger partial charge in [0.15, 0.2) is 21.3 Å². The van der Waals surface area contributed by atoms with E-state index >= 15 is 0 Å². The van der Waals surface area contributed by atoms with E-state index in [2.05, 4.69) is 0 Å². The van der Waals surface area contributed by atoms with Crippen molar-refractivity contribution >= 4 is 68.8 Å². The number of likely N-dealkylation sites (N-methyl/N-ethyl adjacent to an activating group) is 1. The molecular formula is C31H38ClN5O10S2. The number of sulfone groups is 1. The zero-order valence-electron chi connectivity index (χ0n) is 27.9. The fourth-order valence-electron chi connectivity index (χ4n) is 6.61. The number of carbonyl (C=O) groups is 6. The number of rotatable bonds is 9. The van der Waals surface area contributed by atoms with Crippen LogP contribution in [0.2, 0.25) is 0 Å². The molecule has 4 amide bonds. The highest BCUT2D eigenvalue weighted by Crippen LogP contribution is 2.53. The van der Waals surface area contributed by atoms with Gasteiger partial charge in [0.2, 0.25) is 24.5 Å². The number of hydrogen-bond acceptors (Lipinski definition) is 12. The molecule has 0 radical (unpaired) electrons. The van der Waals surface area contributed by atoms with Gasteiger partial charge in [0, 0.05) is 30.6 Å². The number of carbonyl (C=O) groups excluding carboxylic acids is 6. The van der Waals surface area contributed by atoms with Gasteiger partial charge in [-0.25, -0.2) is 18.0 Å². The Bertz CT molecular complexity index is 1750. The zero-order chi connectivity index (χ0) is 36.5. The van der Waals surface area contributed by atoms with Crippen molar-refractivity contribution in [2.24, 2.45) is 5.73 Å². The van der Waals surface area contributed by atoms with Crippen LogP contribution in [0.3, 0.4) is 0 Å². The van der Waals surface area contributed by atoms with Crippen LogP contribution in [0, 0.1) is 0 Å². The largest absolute Gasteiger partial charge is 0.426 e. The molecule has 4 aliphatic rings. The van der Waals surface area contributed by atoms with E-state index in [0.717, 1.165) is 15.9 Å². The van der Waals surface area contributed by atoms with Gasteiger partial charge in [0.05, 0.1) is 0 Å². The van der Waals surface area contributed by atoms with Crippen molar-refractivity contribution in [1.29, 1.82) is 0 Å². The summed E-state index contributed by atoms with van der Waals surface area (Å²) in [5.74, 6) is -4.70. The summed E-state index contributed by atoms with van der Waals surface area (Å²) < 4.78 is 35.8. The Labute approximate surface area is 292 Å². The highest BCUT2D eigenvalue weighted by molar-refractivity contribution is 8.01. The Morgan fingerprint density at radius 2 is 1.57 bits per heavy atom. The minimum atomic E-state index is -4.40. The molecule has 4 heterocycles. The van der Waals surface area contributed by atoms with E-state index in [1.54, 1.807) is 44.2 Å². The number of benzene rings is 1. The van der Waals surface area contributed by atoms with Gasteiger partial charge in [-0.1, -0.05) is 30.3 Å². The predicted molar refractivity (Wildman–Crippen MR) is 177 cm³/mol. The number of fused-ring (bicyclic) bond motifs is 2. The van der Waals surface area contributed by atoms with Gasteiger partial charge in [0.25, 0.3) is 5.91 Å². The van der Waals surface area contributed by atoms with Crippen LogP contribution in [0.25, 0.3) is 0 Å². The van der Waals surface area contributed by atoms with E-state index in [1.807, 2.05) is 0 Å². The monoisotopic (exact) mass is 739 g/mol. The lowest BCUT2D eigenvalue weighted by molar-refractivity contribution is -0.182. The summed E-state index contributed by atoms with van der Waals surface area (Å²) in [7, 11) is -1.44. The van der Waals surface area contributed by atoms with Crippen molar-refractivity contribution in [2.75, 3.05) is 20.9 Å². The summed E-state index contributed by atoms with van der Waals surface area (Å²) in [4.78, 5) is 83.6. The molecule has 7 atom stereocenters. The molecule has 1 unspecified atom stereocenters. The van der Waals surface area contributed by atoms with E-state index in [9.17, 15) is 37.2 Å². The van der Waals surface area contributed by atoms with Crippen molar-refractivity contribution in [3.8, 4) is 0 Å². The van der Waals surface area contributed by atoms with Crippen LogP contribution in [0.15, 0.2) is 42.1 Å². The molecule has 266 valence electrons. The molecule has 1 aromatic carbocycles. The Balaban J connectivity index is 1.38. The lowest BCUT2D eigenvalue weighted by atomic mass is 9.94. The smallest absolute Gasteiger partial charge is 0.333 e. The molecule has 5 rings (SSSR count). The van der Waals surface area contributed by atoms with E-state index in [-0.39, 0.29) is 5.70 Å². The molecule has 1 aromatic rings. The Morgan fingerprint density at radius 3 is 2.14 bits per heavy atom. The van der Waals surface area contributed by atoms with E-state index in [4.69, 9.17) is 26.8 Å². The Morgan fingerprint density at radius 1 is 1.00 bits per heavy atom. The van der Waals surface area contributed by atoms with Crippen LogP contribution in [-0.2, 0) is 48.1 Å². The molecule has 4 saturated heterocycles. The maximum atomic E-state index is 14.0. The van der Waals surface area contributed by atoms with Gasteiger partial charge in [-0.15, -0.1) is 23.4 Å². The zero-order valence-corrected chi connectivity index (χ0v) is 30.2. The molecule has 0 aliphatic carbocycles. The molecule has 0 bridgehead atoms. The Kier molecular flexibility index (Phi) is 9.40. The van der Waals surface area contributed by atoms with Crippen molar-refractivity contribution < 1.29 is 46.7 Å². The second-order valence-electron chi connectivity index (χ2n) is 13.5. The lowest BCUT2D eigenvalue weighted by Gasteiger charge is -2.48. The van der Waals surface area contributed by atoms with Crippen LogP contribution >= 0.6 is 23.4 Å². The number of hydrogen-bond donors (Lipinski definition) is 1. The molecule has 15 nitrogen and oxygen atoms in total. The average molecular weight is 740 g/mol. The molecule has 0 saturated carbocycles. The summed E-state index contributed by atoms with van der Waals surface area (Å²) in [5.41, 5.74) is 6.66. The van der Waals surface area contributed by atoms with Gasteiger partial charge in [-0.2, -0.15) is 0 Å². The lowest BCUT2D eigenvalue weighted by Crippen LogP contribution is -2.73. The fraction of sp³-hybridized carbons (Fsp3) is 0.548. The minimum absolute atomic E-state index is 0.0320. The SMILES string of the molecule is CC(=CC(=O)N(C)C)N(C(=O)C(N)c1ccccc1)[C@@H]1C(=O)N2[C@@H](C(=O)OCOC(=O)[C@@H]3N4C(=O)[C@@H](Cl)[C@H]4SC3(C)C)C(C)(C)S(=O)(=O)[C@H]12. The molecule has 2 N–H and O–H groups in total. The molecule has 0 aromatic heterocycles. The van der Waals surface area contributed by atoms with Gasteiger partial charge in [0.1, 0.15) is 33.6 Å². The first-order chi connectivity index (χ1) is 22.7. The number of alkyl halides is 1. The second kappa shape index (κ2) is 12.6. The van der Waals surface area contributed by atoms with E-state index in [0.29, 0.717) is 5.56 Å². The third kappa shape index (κ3) is 5.67.